The van der Waals surface area contributed by atoms with Crippen LogP contribution in [0.25, 0.3) is 0 Å². The molecule has 1 rings (SSSR count). The fourth-order valence-corrected chi connectivity index (χ4v) is 1.29. The van der Waals surface area contributed by atoms with Crippen LogP contribution in [-0.2, 0) is 18.3 Å². The first kappa shape index (κ1) is 11.7. The monoisotopic (exact) mass is 210 g/mol. The molecule has 0 aromatic carbocycles. The fraction of sp³-hybridized carbons (Fsp3) is 0.600. The van der Waals surface area contributed by atoms with Crippen LogP contribution in [0.3, 0.4) is 0 Å². The van der Waals surface area contributed by atoms with Crippen molar-refractivity contribution < 1.29 is 4.79 Å². The highest BCUT2D eigenvalue weighted by molar-refractivity contribution is 5.72. The Morgan fingerprint density at radius 3 is 2.87 bits per heavy atom. The standard InChI is InChI=1S/C10H18N4O/c1-9(15)12-6-5-11-4-3-10-7-13-14(2)8-10/h7-8,11H,3-6H2,1-2H3,(H,12,15). The molecule has 0 fully saturated rings. The van der Waals surface area contributed by atoms with Gasteiger partial charge in [0.2, 0.25) is 5.91 Å². The maximum absolute atomic E-state index is 10.6. The molecular formula is C10H18N4O. The normalized spacial score (nSPS) is 10.3. The van der Waals surface area contributed by atoms with E-state index in [9.17, 15) is 4.79 Å². The number of aromatic nitrogens is 2. The van der Waals surface area contributed by atoms with Crippen LogP contribution in [0.2, 0.25) is 0 Å². The van der Waals surface area contributed by atoms with Crippen LogP contribution in [0.5, 0.6) is 0 Å². The Morgan fingerprint density at radius 1 is 1.47 bits per heavy atom. The lowest BCUT2D eigenvalue weighted by atomic mass is 10.2. The minimum absolute atomic E-state index is 0.0176. The SMILES string of the molecule is CC(=O)NCCNCCc1cnn(C)c1. The number of nitrogens with zero attached hydrogens (tertiary/aromatic N) is 2. The summed E-state index contributed by atoms with van der Waals surface area (Å²) in [4.78, 5) is 10.6. The van der Waals surface area contributed by atoms with Crippen LogP contribution in [0, 0.1) is 0 Å². The summed E-state index contributed by atoms with van der Waals surface area (Å²) in [6.45, 7) is 3.92. The second-order valence-corrected chi connectivity index (χ2v) is 3.51. The molecule has 5 heteroatoms. The van der Waals surface area contributed by atoms with Crippen LogP contribution >= 0.6 is 0 Å². The molecule has 0 spiro atoms. The summed E-state index contributed by atoms with van der Waals surface area (Å²) in [5.41, 5.74) is 1.23. The van der Waals surface area contributed by atoms with Crippen LogP contribution < -0.4 is 10.6 Å². The van der Waals surface area contributed by atoms with Gasteiger partial charge in [-0.1, -0.05) is 0 Å². The van der Waals surface area contributed by atoms with Gasteiger partial charge >= 0.3 is 0 Å². The van der Waals surface area contributed by atoms with E-state index in [1.54, 1.807) is 4.68 Å². The third-order valence-electron chi connectivity index (χ3n) is 2.02. The molecule has 1 heterocycles. The Hall–Kier alpha value is -1.36. The van der Waals surface area contributed by atoms with E-state index >= 15 is 0 Å². The maximum atomic E-state index is 10.6. The third kappa shape index (κ3) is 5.17. The van der Waals surface area contributed by atoms with E-state index in [0.717, 1.165) is 19.5 Å². The molecule has 0 aliphatic rings. The van der Waals surface area contributed by atoms with Crippen LogP contribution in [0.4, 0.5) is 0 Å². The minimum atomic E-state index is 0.0176. The van der Waals surface area contributed by atoms with Gasteiger partial charge in [0.1, 0.15) is 0 Å². The molecule has 1 amide bonds. The number of amides is 1. The first-order valence-electron chi connectivity index (χ1n) is 5.11. The van der Waals surface area contributed by atoms with Crippen molar-refractivity contribution in [1.29, 1.82) is 0 Å². The summed E-state index contributed by atoms with van der Waals surface area (Å²) in [5.74, 6) is 0.0176. The molecule has 0 atom stereocenters. The molecular weight excluding hydrogens is 192 g/mol. The van der Waals surface area contributed by atoms with E-state index in [0.29, 0.717) is 6.54 Å². The van der Waals surface area contributed by atoms with E-state index in [4.69, 9.17) is 0 Å². The Morgan fingerprint density at radius 2 is 2.27 bits per heavy atom. The van der Waals surface area contributed by atoms with Crippen LogP contribution in [0.1, 0.15) is 12.5 Å². The van der Waals surface area contributed by atoms with Gasteiger partial charge in [-0.3, -0.25) is 9.48 Å². The smallest absolute Gasteiger partial charge is 0.216 e. The number of nitrogens with one attached hydrogen (secondary N) is 2. The molecule has 5 nitrogen and oxygen atoms in total. The summed E-state index contributed by atoms with van der Waals surface area (Å²) < 4.78 is 1.80. The number of hydrogen-bond acceptors (Lipinski definition) is 3. The van der Waals surface area contributed by atoms with Crippen molar-refractivity contribution >= 4 is 5.91 Å². The summed E-state index contributed by atoms with van der Waals surface area (Å²) in [6, 6.07) is 0. The zero-order valence-corrected chi connectivity index (χ0v) is 9.29. The van der Waals surface area contributed by atoms with Crippen molar-refractivity contribution in [2.24, 2.45) is 7.05 Å². The lowest BCUT2D eigenvalue weighted by molar-refractivity contribution is -0.118. The second-order valence-electron chi connectivity index (χ2n) is 3.51. The highest BCUT2D eigenvalue weighted by Crippen LogP contribution is 1.95. The fourth-order valence-electron chi connectivity index (χ4n) is 1.29. The van der Waals surface area contributed by atoms with Gasteiger partial charge in [-0.25, -0.2) is 0 Å². The highest BCUT2D eigenvalue weighted by Gasteiger charge is 1.95. The van der Waals surface area contributed by atoms with Gasteiger partial charge in [0.25, 0.3) is 0 Å². The van der Waals surface area contributed by atoms with Gasteiger partial charge < -0.3 is 10.6 Å². The van der Waals surface area contributed by atoms with Gasteiger partial charge in [0.05, 0.1) is 6.20 Å². The summed E-state index contributed by atoms with van der Waals surface area (Å²) in [7, 11) is 1.91. The Kier molecular flexibility index (Phi) is 4.83. The van der Waals surface area contributed by atoms with Gasteiger partial charge in [-0.15, -0.1) is 0 Å². The van der Waals surface area contributed by atoms with Gasteiger partial charge in [0.15, 0.2) is 0 Å². The maximum Gasteiger partial charge on any atom is 0.216 e. The quantitative estimate of drug-likeness (QED) is 0.633. The number of rotatable bonds is 6. The topological polar surface area (TPSA) is 59.0 Å². The van der Waals surface area contributed by atoms with E-state index in [2.05, 4.69) is 15.7 Å². The molecule has 0 saturated carbocycles. The number of carbonyl (C=O) groups is 1. The number of carbonyl (C=O) groups excluding carboxylic acids is 1. The van der Waals surface area contributed by atoms with Crippen LogP contribution in [0.15, 0.2) is 12.4 Å². The zero-order valence-electron chi connectivity index (χ0n) is 9.29. The lowest BCUT2D eigenvalue weighted by Gasteiger charge is -2.03. The summed E-state index contributed by atoms with van der Waals surface area (Å²) in [6.07, 6.45) is 4.85. The van der Waals surface area contributed by atoms with Gasteiger partial charge in [-0.2, -0.15) is 5.10 Å². The van der Waals surface area contributed by atoms with E-state index in [1.165, 1.54) is 12.5 Å². The van der Waals surface area contributed by atoms with Crippen molar-refractivity contribution in [3.8, 4) is 0 Å². The molecule has 0 aliphatic carbocycles. The molecule has 2 N–H and O–H groups in total. The van der Waals surface area contributed by atoms with E-state index < -0.39 is 0 Å². The minimum Gasteiger partial charge on any atom is -0.355 e. The summed E-state index contributed by atoms with van der Waals surface area (Å²) >= 11 is 0. The molecule has 0 saturated heterocycles. The molecule has 0 bridgehead atoms. The average Bonchev–Trinajstić information content (AvgIpc) is 2.57. The largest absolute Gasteiger partial charge is 0.355 e. The molecule has 1 aromatic rings. The first-order valence-corrected chi connectivity index (χ1v) is 5.11. The lowest BCUT2D eigenvalue weighted by Crippen LogP contribution is -2.31. The second kappa shape index (κ2) is 6.19. The average molecular weight is 210 g/mol. The molecule has 1 aromatic heterocycles. The predicted octanol–water partition coefficient (Wildman–Crippen LogP) is -0.312. The number of hydrogen-bond donors (Lipinski definition) is 2. The van der Waals surface area contributed by atoms with E-state index in [1.807, 2.05) is 19.4 Å². The van der Waals surface area contributed by atoms with E-state index in [-0.39, 0.29) is 5.91 Å². The van der Waals surface area contributed by atoms with Crippen molar-refractivity contribution in [2.45, 2.75) is 13.3 Å². The molecule has 0 aliphatic heterocycles. The van der Waals surface area contributed by atoms with Crippen molar-refractivity contribution in [1.82, 2.24) is 20.4 Å². The van der Waals surface area contributed by atoms with Crippen molar-refractivity contribution in [2.75, 3.05) is 19.6 Å². The molecule has 84 valence electrons. The first-order chi connectivity index (χ1) is 7.18. The zero-order chi connectivity index (χ0) is 11.1. The summed E-state index contributed by atoms with van der Waals surface area (Å²) in [5, 5.41) is 10.1. The molecule has 0 radical (unpaired) electrons. The van der Waals surface area contributed by atoms with Gasteiger partial charge in [0, 0.05) is 33.3 Å². The third-order valence-corrected chi connectivity index (χ3v) is 2.02. The Balaban J connectivity index is 2.00. The Labute approximate surface area is 89.9 Å². The van der Waals surface area contributed by atoms with Crippen LogP contribution in [-0.4, -0.2) is 35.3 Å². The Bertz CT molecular complexity index is 308. The highest BCUT2D eigenvalue weighted by atomic mass is 16.1. The number of aryl methyl sites for hydroxylation is 1. The molecule has 0 unspecified atom stereocenters. The predicted molar refractivity (Wildman–Crippen MR) is 58.5 cm³/mol. The van der Waals surface area contributed by atoms with Crippen molar-refractivity contribution in [3.05, 3.63) is 18.0 Å². The van der Waals surface area contributed by atoms with Crippen molar-refractivity contribution in [3.63, 3.8) is 0 Å². The molecule has 15 heavy (non-hydrogen) atoms. The van der Waals surface area contributed by atoms with Gasteiger partial charge in [-0.05, 0) is 18.5 Å².